The number of rotatable bonds is 5. The molecule has 3 aromatic rings. The summed E-state index contributed by atoms with van der Waals surface area (Å²) >= 11 is 1.68. The number of hydrogen-bond acceptors (Lipinski definition) is 7. The maximum absolute atomic E-state index is 13.4. The molecule has 0 saturated carbocycles. The van der Waals surface area contributed by atoms with Crippen molar-refractivity contribution < 1.29 is 14.3 Å². The second kappa shape index (κ2) is 8.84. The van der Waals surface area contributed by atoms with Crippen molar-refractivity contribution in [3.05, 3.63) is 65.9 Å². The summed E-state index contributed by atoms with van der Waals surface area (Å²) in [6.45, 7) is 1.87. The zero-order valence-corrected chi connectivity index (χ0v) is 18.9. The lowest BCUT2D eigenvalue weighted by molar-refractivity contribution is -0.122. The number of primary amides is 1. The average molecular weight is 462 g/mol. The van der Waals surface area contributed by atoms with Crippen LogP contribution < -0.4 is 15.5 Å². The molecule has 2 N–H and O–H groups in total. The van der Waals surface area contributed by atoms with Gasteiger partial charge in [0.25, 0.3) is 5.91 Å². The fraction of sp³-hybridized carbons (Fsp3) is 0.250. The zero-order valence-electron chi connectivity index (χ0n) is 18.1. The Kier molecular flexibility index (Phi) is 5.74. The monoisotopic (exact) mass is 461 g/mol. The van der Waals surface area contributed by atoms with Crippen molar-refractivity contribution in [2.45, 2.75) is 17.5 Å². The van der Waals surface area contributed by atoms with Crippen LogP contribution in [0.1, 0.15) is 15.9 Å². The van der Waals surface area contributed by atoms with Crippen molar-refractivity contribution in [3.63, 3.8) is 0 Å². The van der Waals surface area contributed by atoms with Crippen molar-refractivity contribution in [1.82, 2.24) is 9.97 Å². The molecule has 5 rings (SSSR count). The van der Waals surface area contributed by atoms with Crippen LogP contribution >= 0.6 is 11.8 Å². The normalized spacial score (nSPS) is 17.5. The Labute approximate surface area is 195 Å². The maximum atomic E-state index is 13.4. The Bertz CT molecular complexity index is 1200. The molecule has 0 bridgehead atoms. The van der Waals surface area contributed by atoms with Crippen LogP contribution in [-0.4, -0.2) is 53.8 Å². The number of carbonyl (C=O) groups is 2. The predicted molar refractivity (Wildman–Crippen MR) is 127 cm³/mol. The van der Waals surface area contributed by atoms with E-state index >= 15 is 0 Å². The second-order valence-corrected chi connectivity index (χ2v) is 8.78. The van der Waals surface area contributed by atoms with E-state index in [0.717, 1.165) is 11.1 Å². The third-order valence-corrected chi connectivity index (χ3v) is 6.66. The standard InChI is InChI=1S/C24H23N5O3S/c1-33-18-8-2-15(3-9-18)13-29-19-12-26-22(17-6-4-16(5-7-17)21(25)30)27-23(19)28-10-11-32-14-20(28)24(29)31/h2-9,12,20H,10-11,13-14H2,1H3,(H2,25,30). The van der Waals surface area contributed by atoms with Gasteiger partial charge in [0.15, 0.2) is 11.6 Å². The van der Waals surface area contributed by atoms with Gasteiger partial charge in [0.05, 0.1) is 26.0 Å². The van der Waals surface area contributed by atoms with E-state index in [0.29, 0.717) is 49.2 Å². The van der Waals surface area contributed by atoms with Gasteiger partial charge in [-0.3, -0.25) is 9.59 Å². The number of carbonyl (C=O) groups excluding carboxylic acids is 2. The first-order valence-corrected chi connectivity index (χ1v) is 11.8. The number of aromatic nitrogens is 2. The van der Waals surface area contributed by atoms with Gasteiger partial charge < -0.3 is 20.3 Å². The van der Waals surface area contributed by atoms with Crippen molar-refractivity contribution >= 4 is 35.1 Å². The first-order chi connectivity index (χ1) is 16.0. The van der Waals surface area contributed by atoms with Crippen LogP contribution in [0.3, 0.4) is 0 Å². The minimum atomic E-state index is -0.483. The number of benzene rings is 2. The van der Waals surface area contributed by atoms with E-state index in [9.17, 15) is 9.59 Å². The molecule has 2 aliphatic rings. The third kappa shape index (κ3) is 4.05. The summed E-state index contributed by atoms with van der Waals surface area (Å²) in [7, 11) is 0. The maximum Gasteiger partial charge on any atom is 0.252 e. The van der Waals surface area contributed by atoms with E-state index in [1.807, 2.05) is 23.3 Å². The van der Waals surface area contributed by atoms with Gasteiger partial charge in [0, 0.05) is 22.6 Å². The highest BCUT2D eigenvalue weighted by Gasteiger charge is 2.41. The smallest absolute Gasteiger partial charge is 0.252 e. The Morgan fingerprint density at radius 1 is 1.18 bits per heavy atom. The quantitative estimate of drug-likeness (QED) is 0.583. The summed E-state index contributed by atoms with van der Waals surface area (Å²) in [4.78, 5) is 39.1. The fourth-order valence-electron chi connectivity index (χ4n) is 4.13. The number of amides is 2. The first-order valence-electron chi connectivity index (χ1n) is 10.6. The molecule has 0 aliphatic carbocycles. The van der Waals surface area contributed by atoms with Gasteiger partial charge in [-0.25, -0.2) is 9.97 Å². The summed E-state index contributed by atoms with van der Waals surface area (Å²) in [5.74, 6) is 0.739. The molecule has 8 nitrogen and oxygen atoms in total. The van der Waals surface area contributed by atoms with Gasteiger partial charge in [-0.2, -0.15) is 0 Å². The van der Waals surface area contributed by atoms with Gasteiger partial charge in [0.2, 0.25) is 5.91 Å². The number of nitrogens with zero attached hydrogens (tertiary/aromatic N) is 4. The molecule has 0 radical (unpaired) electrons. The fourth-order valence-corrected chi connectivity index (χ4v) is 4.54. The molecule has 2 aliphatic heterocycles. The lowest BCUT2D eigenvalue weighted by Gasteiger charge is -2.43. The van der Waals surface area contributed by atoms with E-state index in [4.69, 9.17) is 15.5 Å². The molecule has 1 fully saturated rings. The molecule has 2 amide bonds. The number of thioether (sulfide) groups is 1. The summed E-state index contributed by atoms with van der Waals surface area (Å²) in [5, 5.41) is 0. The van der Waals surface area contributed by atoms with Gasteiger partial charge in [-0.05, 0) is 36.1 Å². The number of morpholine rings is 1. The van der Waals surface area contributed by atoms with Gasteiger partial charge in [-0.15, -0.1) is 11.8 Å². The average Bonchev–Trinajstić information content (AvgIpc) is 2.86. The molecule has 2 aromatic carbocycles. The number of hydrogen-bond donors (Lipinski definition) is 1. The van der Waals surface area contributed by atoms with E-state index < -0.39 is 11.9 Å². The lowest BCUT2D eigenvalue weighted by atomic mass is 10.1. The van der Waals surface area contributed by atoms with E-state index in [1.54, 1.807) is 47.1 Å². The lowest BCUT2D eigenvalue weighted by Crippen LogP contribution is -2.58. The Balaban J connectivity index is 1.53. The molecule has 0 spiro atoms. The van der Waals surface area contributed by atoms with E-state index in [-0.39, 0.29) is 5.91 Å². The Morgan fingerprint density at radius 3 is 2.64 bits per heavy atom. The molecule has 168 valence electrons. The van der Waals surface area contributed by atoms with Crippen LogP contribution in [0.25, 0.3) is 11.4 Å². The molecular formula is C24H23N5O3S. The third-order valence-electron chi connectivity index (χ3n) is 5.92. The van der Waals surface area contributed by atoms with Crippen LogP contribution in [-0.2, 0) is 16.1 Å². The zero-order chi connectivity index (χ0) is 22.9. The topological polar surface area (TPSA) is 102 Å². The number of ether oxygens (including phenoxy) is 1. The number of nitrogens with two attached hydrogens (primary N) is 1. The molecule has 1 atom stereocenters. The summed E-state index contributed by atoms with van der Waals surface area (Å²) in [5.41, 5.74) is 8.26. The Hall–Kier alpha value is -3.43. The Morgan fingerprint density at radius 2 is 1.94 bits per heavy atom. The number of fused-ring (bicyclic) bond motifs is 3. The van der Waals surface area contributed by atoms with Crippen molar-refractivity contribution in [1.29, 1.82) is 0 Å². The first kappa shape index (κ1) is 21.4. The molecule has 1 unspecified atom stereocenters. The van der Waals surface area contributed by atoms with Crippen molar-refractivity contribution in [2.75, 3.05) is 35.8 Å². The van der Waals surface area contributed by atoms with E-state index in [1.165, 1.54) is 4.90 Å². The molecule has 3 heterocycles. The molecule has 33 heavy (non-hydrogen) atoms. The SMILES string of the molecule is CSc1ccc(CN2C(=O)C3COCCN3c3nc(-c4ccc(C(N)=O)cc4)ncc32)cc1. The summed E-state index contributed by atoms with van der Waals surface area (Å²) < 4.78 is 5.62. The highest BCUT2D eigenvalue weighted by molar-refractivity contribution is 7.98. The molecule has 9 heteroatoms. The van der Waals surface area contributed by atoms with Gasteiger partial charge >= 0.3 is 0 Å². The highest BCUT2D eigenvalue weighted by atomic mass is 32.2. The second-order valence-electron chi connectivity index (χ2n) is 7.90. The van der Waals surface area contributed by atoms with Crippen LogP contribution in [0.5, 0.6) is 0 Å². The molecule has 1 saturated heterocycles. The van der Waals surface area contributed by atoms with Gasteiger partial charge in [0.1, 0.15) is 11.7 Å². The van der Waals surface area contributed by atoms with Crippen LogP contribution in [0, 0.1) is 0 Å². The van der Waals surface area contributed by atoms with Crippen LogP contribution in [0.15, 0.2) is 59.6 Å². The number of anilines is 2. The molecular weight excluding hydrogens is 438 g/mol. The minimum Gasteiger partial charge on any atom is -0.377 e. The summed E-state index contributed by atoms with van der Waals surface area (Å²) in [6.07, 6.45) is 3.74. The van der Waals surface area contributed by atoms with Crippen molar-refractivity contribution in [3.8, 4) is 11.4 Å². The molecule has 1 aromatic heterocycles. The largest absolute Gasteiger partial charge is 0.377 e. The van der Waals surface area contributed by atoms with Crippen molar-refractivity contribution in [2.24, 2.45) is 5.73 Å². The van der Waals surface area contributed by atoms with E-state index in [2.05, 4.69) is 17.1 Å². The predicted octanol–water partition coefficient (Wildman–Crippen LogP) is 2.72. The van der Waals surface area contributed by atoms with Gasteiger partial charge in [-0.1, -0.05) is 24.3 Å². The minimum absolute atomic E-state index is 0.0155. The van der Waals surface area contributed by atoms with Crippen LogP contribution in [0.4, 0.5) is 11.5 Å². The highest BCUT2D eigenvalue weighted by Crippen LogP contribution is 2.37. The van der Waals surface area contributed by atoms with Crippen LogP contribution in [0.2, 0.25) is 0 Å². The summed E-state index contributed by atoms with van der Waals surface area (Å²) in [6, 6.07) is 14.6.